The van der Waals surface area contributed by atoms with Crippen LogP contribution in [-0.2, 0) is 6.61 Å². The molecule has 102 valence electrons. The summed E-state index contributed by atoms with van der Waals surface area (Å²) >= 11 is 0. The van der Waals surface area contributed by atoms with Crippen LogP contribution in [0.5, 0.6) is 11.6 Å². The topological polar surface area (TPSA) is 46.8 Å². The largest absolute Gasteiger partial charge is 0.437 e. The van der Waals surface area contributed by atoms with E-state index < -0.39 is 0 Å². The lowest BCUT2D eigenvalue weighted by molar-refractivity contribution is 0.269. The van der Waals surface area contributed by atoms with Gasteiger partial charge >= 0.3 is 0 Å². The highest BCUT2D eigenvalue weighted by molar-refractivity contribution is 5.47. The molecule has 0 bridgehead atoms. The van der Waals surface area contributed by atoms with Gasteiger partial charge in [-0.15, -0.1) is 0 Å². The van der Waals surface area contributed by atoms with Crippen LogP contribution in [0.3, 0.4) is 0 Å². The molecule has 0 amide bonds. The molecule has 0 atom stereocenters. The Morgan fingerprint density at radius 3 is 2.95 bits per heavy atom. The summed E-state index contributed by atoms with van der Waals surface area (Å²) < 4.78 is 20.7. The van der Waals surface area contributed by atoms with Gasteiger partial charge in [0.1, 0.15) is 22.9 Å². The summed E-state index contributed by atoms with van der Waals surface area (Å²) in [6.45, 7) is 1.61. The monoisotopic (exact) mass is 272 g/mol. The fourth-order valence-electron chi connectivity index (χ4n) is 2.04. The van der Waals surface area contributed by atoms with Gasteiger partial charge in [0.15, 0.2) is 0 Å². The van der Waals surface area contributed by atoms with Gasteiger partial charge in [-0.2, -0.15) is 4.98 Å². The van der Waals surface area contributed by atoms with Gasteiger partial charge in [-0.3, -0.25) is 4.40 Å². The van der Waals surface area contributed by atoms with Crippen LogP contribution in [0.2, 0.25) is 0 Å². The van der Waals surface area contributed by atoms with Crippen molar-refractivity contribution in [2.75, 3.05) is 0 Å². The maximum Gasteiger partial charge on any atom is 0.243 e. The van der Waals surface area contributed by atoms with Gasteiger partial charge in [0, 0.05) is 12.3 Å². The van der Waals surface area contributed by atoms with Crippen molar-refractivity contribution in [3.63, 3.8) is 0 Å². The normalized spacial score (nSPS) is 10.9. The second-order valence-corrected chi connectivity index (χ2v) is 4.46. The quantitative estimate of drug-likeness (QED) is 0.797. The van der Waals surface area contributed by atoms with Crippen molar-refractivity contribution >= 4 is 5.65 Å². The Hall–Kier alpha value is -2.40. The molecule has 0 saturated heterocycles. The molecule has 3 aromatic rings. The van der Waals surface area contributed by atoms with Crippen LogP contribution in [0, 0.1) is 12.7 Å². The van der Waals surface area contributed by atoms with E-state index in [4.69, 9.17) is 4.74 Å². The van der Waals surface area contributed by atoms with Crippen molar-refractivity contribution in [3.05, 3.63) is 59.7 Å². The summed E-state index contributed by atoms with van der Waals surface area (Å²) in [4.78, 5) is 4.31. The van der Waals surface area contributed by atoms with Crippen LogP contribution >= 0.6 is 0 Å². The van der Waals surface area contributed by atoms with Crippen molar-refractivity contribution in [1.82, 2.24) is 9.38 Å². The number of rotatable bonds is 3. The van der Waals surface area contributed by atoms with E-state index in [-0.39, 0.29) is 18.3 Å². The molecule has 1 aromatic carbocycles. The van der Waals surface area contributed by atoms with Crippen molar-refractivity contribution in [3.8, 4) is 11.6 Å². The molecule has 2 heterocycles. The van der Waals surface area contributed by atoms with E-state index in [1.165, 1.54) is 12.1 Å². The summed E-state index contributed by atoms with van der Waals surface area (Å²) in [7, 11) is 0. The van der Waals surface area contributed by atoms with Crippen molar-refractivity contribution < 1.29 is 14.2 Å². The molecule has 0 aliphatic carbocycles. The zero-order valence-corrected chi connectivity index (χ0v) is 10.9. The van der Waals surface area contributed by atoms with E-state index in [1.54, 1.807) is 16.7 Å². The van der Waals surface area contributed by atoms with Crippen LogP contribution in [0.15, 0.2) is 42.6 Å². The average molecular weight is 272 g/mol. The molecule has 0 radical (unpaired) electrons. The average Bonchev–Trinajstić information content (AvgIpc) is 2.80. The molecule has 20 heavy (non-hydrogen) atoms. The first kappa shape index (κ1) is 12.6. The highest BCUT2D eigenvalue weighted by Gasteiger charge is 2.14. The molecular weight excluding hydrogens is 259 g/mol. The van der Waals surface area contributed by atoms with E-state index in [0.29, 0.717) is 17.1 Å². The third-order valence-corrected chi connectivity index (χ3v) is 3.10. The number of nitrogens with zero attached hydrogens (tertiary/aromatic N) is 2. The lowest BCUT2D eigenvalue weighted by atomic mass is 10.2. The Labute approximate surface area is 115 Å². The number of aryl methyl sites for hydroxylation is 1. The molecular formula is C15H13FN2O2. The van der Waals surface area contributed by atoms with Gasteiger partial charge in [-0.25, -0.2) is 4.39 Å². The second-order valence-electron chi connectivity index (χ2n) is 4.46. The number of aliphatic hydroxyl groups excluding tert-OH is 1. The molecule has 5 heteroatoms. The fraction of sp³-hybridized carbons (Fsp3) is 0.133. The van der Waals surface area contributed by atoms with Crippen LogP contribution < -0.4 is 4.74 Å². The van der Waals surface area contributed by atoms with Gasteiger partial charge in [0.05, 0.1) is 6.61 Å². The van der Waals surface area contributed by atoms with E-state index in [2.05, 4.69) is 4.98 Å². The standard InChI is InChI=1S/C15H13FN2O2/c1-10-5-6-11(16)8-13(10)20-15-12(9-19)18-7-3-2-4-14(18)17-15/h2-8,19H,9H2,1H3. The Bertz CT molecular complexity index is 768. The molecule has 0 saturated carbocycles. The lowest BCUT2D eigenvalue weighted by Gasteiger charge is -2.07. The first-order valence-electron chi connectivity index (χ1n) is 6.20. The molecule has 0 aliphatic heterocycles. The van der Waals surface area contributed by atoms with Crippen molar-refractivity contribution in [2.45, 2.75) is 13.5 Å². The number of aliphatic hydroxyl groups is 1. The number of fused-ring (bicyclic) bond motifs is 1. The third-order valence-electron chi connectivity index (χ3n) is 3.10. The van der Waals surface area contributed by atoms with E-state index in [1.807, 2.05) is 25.1 Å². The Morgan fingerprint density at radius 1 is 1.30 bits per heavy atom. The first-order chi connectivity index (χ1) is 9.69. The number of aromatic nitrogens is 2. The van der Waals surface area contributed by atoms with Crippen LogP contribution in [0.1, 0.15) is 11.3 Å². The minimum absolute atomic E-state index is 0.213. The van der Waals surface area contributed by atoms with Crippen LogP contribution in [0.25, 0.3) is 5.65 Å². The molecule has 2 aromatic heterocycles. The summed E-state index contributed by atoms with van der Waals surface area (Å²) in [6, 6.07) is 9.81. The van der Waals surface area contributed by atoms with Gasteiger partial charge < -0.3 is 9.84 Å². The molecule has 1 N–H and O–H groups in total. The smallest absolute Gasteiger partial charge is 0.243 e. The maximum absolute atomic E-state index is 13.3. The van der Waals surface area contributed by atoms with Gasteiger partial charge in [0.2, 0.25) is 5.88 Å². The van der Waals surface area contributed by atoms with Gasteiger partial charge in [0.25, 0.3) is 0 Å². The highest BCUT2D eigenvalue weighted by atomic mass is 19.1. The second kappa shape index (κ2) is 4.94. The van der Waals surface area contributed by atoms with Gasteiger partial charge in [-0.05, 0) is 30.7 Å². The highest BCUT2D eigenvalue weighted by Crippen LogP contribution is 2.28. The zero-order chi connectivity index (χ0) is 14.1. The minimum Gasteiger partial charge on any atom is -0.437 e. The maximum atomic E-state index is 13.3. The number of pyridine rings is 1. The van der Waals surface area contributed by atoms with E-state index in [0.717, 1.165) is 5.56 Å². The summed E-state index contributed by atoms with van der Waals surface area (Å²) in [5.41, 5.74) is 2.00. The zero-order valence-electron chi connectivity index (χ0n) is 10.9. The van der Waals surface area contributed by atoms with Crippen molar-refractivity contribution in [1.29, 1.82) is 0 Å². The minimum atomic E-state index is -0.375. The summed E-state index contributed by atoms with van der Waals surface area (Å²) in [6.07, 6.45) is 1.79. The number of hydrogen-bond donors (Lipinski definition) is 1. The predicted molar refractivity (Wildman–Crippen MR) is 72.3 cm³/mol. The van der Waals surface area contributed by atoms with Crippen molar-refractivity contribution in [2.24, 2.45) is 0 Å². The lowest BCUT2D eigenvalue weighted by Crippen LogP contribution is -1.95. The first-order valence-corrected chi connectivity index (χ1v) is 6.20. The Balaban J connectivity index is 2.08. The molecule has 3 rings (SSSR count). The molecule has 0 fully saturated rings. The Kier molecular flexibility index (Phi) is 3.12. The predicted octanol–water partition coefficient (Wildman–Crippen LogP) is 3.07. The molecule has 0 aliphatic rings. The fourth-order valence-corrected chi connectivity index (χ4v) is 2.04. The number of halogens is 1. The van der Waals surface area contributed by atoms with Crippen LogP contribution in [-0.4, -0.2) is 14.5 Å². The van der Waals surface area contributed by atoms with Crippen LogP contribution in [0.4, 0.5) is 4.39 Å². The number of ether oxygens (including phenoxy) is 1. The molecule has 0 spiro atoms. The van der Waals surface area contributed by atoms with E-state index in [9.17, 15) is 9.50 Å². The molecule has 4 nitrogen and oxygen atoms in total. The number of hydrogen-bond acceptors (Lipinski definition) is 3. The summed E-state index contributed by atoms with van der Waals surface area (Å²) in [5, 5.41) is 9.49. The van der Waals surface area contributed by atoms with E-state index >= 15 is 0 Å². The molecule has 0 unspecified atom stereocenters. The number of imidazole rings is 1. The SMILES string of the molecule is Cc1ccc(F)cc1Oc1nc2ccccn2c1CO. The Morgan fingerprint density at radius 2 is 2.15 bits per heavy atom. The third kappa shape index (κ3) is 2.12. The van der Waals surface area contributed by atoms with Gasteiger partial charge in [-0.1, -0.05) is 12.1 Å². The summed E-state index contributed by atoms with van der Waals surface area (Å²) in [5.74, 6) is 0.301. The number of benzene rings is 1.